The predicted molar refractivity (Wildman–Crippen MR) is 71.9 cm³/mol. The molecule has 0 amide bonds. The van der Waals surface area contributed by atoms with Gasteiger partial charge < -0.3 is 10.5 Å². The zero-order valence-corrected chi connectivity index (χ0v) is 11.8. The number of nitrogen functional groups attached to an aromatic ring is 1. The molecule has 1 aromatic rings. The zero-order chi connectivity index (χ0) is 14.5. The van der Waals surface area contributed by atoms with Gasteiger partial charge in [-0.25, -0.2) is 12.7 Å². The number of esters is 1. The second kappa shape index (κ2) is 6.53. The molecule has 0 bridgehead atoms. The molecule has 2 N–H and O–H groups in total. The number of carbonyl (C=O) groups is 1. The van der Waals surface area contributed by atoms with Crippen LogP contribution in [0.5, 0.6) is 0 Å². The molecular weight excluding hydrogens is 268 g/mol. The average Bonchev–Trinajstić information content (AvgIpc) is 2.36. The van der Waals surface area contributed by atoms with E-state index in [0.717, 1.165) is 4.31 Å². The second-order valence-corrected chi connectivity index (χ2v) is 6.00. The third kappa shape index (κ3) is 4.22. The van der Waals surface area contributed by atoms with Crippen LogP contribution < -0.4 is 5.73 Å². The number of nitrogens with zero attached hydrogens (tertiary/aromatic N) is 1. The lowest BCUT2D eigenvalue weighted by Gasteiger charge is -2.16. The number of carbonyl (C=O) groups excluding carboxylic acids is 1. The molecule has 0 aliphatic rings. The second-order valence-electron chi connectivity index (χ2n) is 3.95. The summed E-state index contributed by atoms with van der Waals surface area (Å²) in [5, 5.41) is 0. The fourth-order valence-corrected chi connectivity index (χ4v) is 2.59. The molecule has 7 heteroatoms. The van der Waals surface area contributed by atoms with Crippen LogP contribution in [0.2, 0.25) is 0 Å². The van der Waals surface area contributed by atoms with Gasteiger partial charge in [-0.05, 0) is 31.2 Å². The van der Waals surface area contributed by atoms with Gasteiger partial charge in [-0.3, -0.25) is 4.79 Å². The minimum atomic E-state index is -3.60. The quantitative estimate of drug-likeness (QED) is 0.618. The molecule has 19 heavy (non-hydrogen) atoms. The smallest absolute Gasteiger partial charge is 0.307 e. The van der Waals surface area contributed by atoms with Gasteiger partial charge in [0.25, 0.3) is 0 Å². The fraction of sp³-hybridized carbons (Fsp3) is 0.417. The van der Waals surface area contributed by atoms with Crippen molar-refractivity contribution in [2.45, 2.75) is 18.2 Å². The monoisotopic (exact) mass is 286 g/mol. The fourth-order valence-electron chi connectivity index (χ4n) is 1.42. The van der Waals surface area contributed by atoms with Crippen LogP contribution in [0.15, 0.2) is 29.2 Å². The van der Waals surface area contributed by atoms with Gasteiger partial charge in [-0.2, -0.15) is 0 Å². The van der Waals surface area contributed by atoms with Crippen molar-refractivity contribution in [1.82, 2.24) is 4.31 Å². The molecular formula is C12H18N2O4S. The average molecular weight is 286 g/mol. The lowest BCUT2D eigenvalue weighted by atomic mass is 10.3. The first-order valence-electron chi connectivity index (χ1n) is 5.85. The van der Waals surface area contributed by atoms with E-state index < -0.39 is 16.0 Å². The van der Waals surface area contributed by atoms with Crippen LogP contribution in [-0.2, 0) is 19.6 Å². The predicted octanol–water partition coefficient (Wildman–Crippen LogP) is 0.842. The summed E-state index contributed by atoms with van der Waals surface area (Å²) in [4.78, 5) is 11.3. The molecule has 1 aromatic carbocycles. The van der Waals surface area contributed by atoms with E-state index in [9.17, 15) is 13.2 Å². The Morgan fingerprint density at radius 2 is 1.89 bits per heavy atom. The van der Waals surface area contributed by atoms with Gasteiger partial charge in [-0.1, -0.05) is 0 Å². The molecule has 0 saturated heterocycles. The van der Waals surface area contributed by atoms with Gasteiger partial charge in [0.1, 0.15) is 0 Å². The Kier molecular flexibility index (Phi) is 5.31. The third-order valence-electron chi connectivity index (χ3n) is 2.52. The van der Waals surface area contributed by atoms with E-state index in [-0.39, 0.29) is 24.5 Å². The van der Waals surface area contributed by atoms with Gasteiger partial charge in [-0.15, -0.1) is 0 Å². The molecule has 0 aliphatic carbocycles. The van der Waals surface area contributed by atoms with Gasteiger partial charge >= 0.3 is 5.97 Å². The molecule has 6 nitrogen and oxygen atoms in total. The number of anilines is 1. The van der Waals surface area contributed by atoms with Crippen LogP contribution in [0.25, 0.3) is 0 Å². The van der Waals surface area contributed by atoms with Crippen molar-refractivity contribution in [1.29, 1.82) is 0 Å². The maximum absolute atomic E-state index is 12.1. The highest BCUT2D eigenvalue weighted by molar-refractivity contribution is 7.89. The van der Waals surface area contributed by atoms with E-state index in [1.807, 2.05) is 0 Å². The molecule has 0 unspecified atom stereocenters. The van der Waals surface area contributed by atoms with Crippen molar-refractivity contribution >= 4 is 21.7 Å². The molecule has 0 spiro atoms. The Morgan fingerprint density at radius 3 is 2.42 bits per heavy atom. The van der Waals surface area contributed by atoms with Crippen molar-refractivity contribution in [2.24, 2.45) is 0 Å². The van der Waals surface area contributed by atoms with E-state index in [1.165, 1.54) is 31.3 Å². The number of benzene rings is 1. The van der Waals surface area contributed by atoms with Crippen molar-refractivity contribution in [3.63, 3.8) is 0 Å². The number of hydrogen-bond donors (Lipinski definition) is 1. The highest BCUT2D eigenvalue weighted by atomic mass is 32.2. The Bertz CT molecular complexity index is 525. The molecule has 0 atom stereocenters. The summed E-state index contributed by atoms with van der Waals surface area (Å²) in [5.74, 6) is -0.415. The summed E-state index contributed by atoms with van der Waals surface area (Å²) in [7, 11) is -2.17. The number of rotatable bonds is 6. The van der Waals surface area contributed by atoms with E-state index in [1.54, 1.807) is 6.92 Å². The molecule has 1 rings (SSSR count). The maximum atomic E-state index is 12.1. The molecule has 0 saturated carbocycles. The summed E-state index contributed by atoms with van der Waals surface area (Å²) in [6.45, 7) is 2.06. The first-order valence-corrected chi connectivity index (χ1v) is 7.29. The SMILES string of the molecule is CCOC(=O)CCN(C)S(=O)(=O)c1ccc(N)cc1. The topological polar surface area (TPSA) is 89.7 Å². The minimum Gasteiger partial charge on any atom is -0.466 e. The number of ether oxygens (including phenoxy) is 1. The standard InChI is InChI=1S/C12H18N2O4S/c1-3-18-12(15)8-9-14(2)19(16,17)11-6-4-10(13)5-7-11/h4-7H,3,8-9,13H2,1-2H3. The van der Waals surface area contributed by atoms with Crippen LogP contribution in [-0.4, -0.2) is 38.9 Å². The number of sulfonamides is 1. The molecule has 106 valence electrons. The lowest BCUT2D eigenvalue weighted by Crippen LogP contribution is -2.29. The van der Waals surface area contributed by atoms with Crippen molar-refractivity contribution in [2.75, 3.05) is 25.9 Å². The summed E-state index contributed by atoms with van der Waals surface area (Å²) in [6, 6.07) is 5.91. The number of nitrogens with two attached hydrogens (primary N) is 1. The molecule has 0 heterocycles. The largest absolute Gasteiger partial charge is 0.466 e. The Hall–Kier alpha value is -1.60. The third-order valence-corrected chi connectivity index (χ3v) is 4.40. The molecule has 0 aliphatic heterocycles. The first kappa shape index (κ1) is 15.5. The lowest BCUT2D eigenvalue weighted by molar-refractivity contribution is -0.143. The molecule has 0 radical (unpaired) electrons. The highest BCUT2D eigenvalue weighted by Crippen LogP contribution is 2.16. The van der Waals surface area contributed by atoms with E-state index in [0.29, 0.717) is 5.69 Å². The van der Waals surface area contributed by atoms with Gasteiger partial charge in [0.05, 0.1) is 17.9 Å². The van der Waals surface area contributed by atoms with Crippen LogP contribution in [0.1, 0.15) is 13.3 Å². The summed E-state index contributed by atoms with van der Waals surface area (Å²) >= 11 is 0. The minimum absolute atomic E-state index is 0.0263. The van der Waals surface area contributed by atoms with Crippen LogP contribution in [0.3, 0.4) is 0 Å². The zero-order valence-electron chi connectivity index (χ0n) is 11.0. The highest BCUT2D eigenvalue weighted by Gasteiger charge is 2.21. The molecule has 0 aromatic heterocycles. The van der Waals surface area contributed by atoms with Crippen LogP contribution in [0.4, 0.5) is 5.69 Å². The summed E-state index contributed by atoms with van der Waals surface area (Å²) in [5.41, 5.74) is 6.00. The molecule has 0 fully saturated rings. The Balaban J connectivity index is 2.72. The maximum Gasteiger partial charge on any atom is 0.307 e. The Labute approximate surface area is 113 Å². The van der Waals surface area contributed by atoms with E-state index in [4.69, 9.17) is 10.5 Å². The van der Waals surface area contributed by atoms with Crippen molar-refractivity contribution in [3.8, 4) is 0 Å². The Morgan fingerprint density at radius 1 is 1.32 bits per heavy atom. The van der Waals surface area contributed by atoms with Crippen molar-refractivity contribution in [3.05, 3.63) is 24.3 Å². The van der Waals surface area contributed by atoms with Crippen molar-refractivity contribution < 1.29 is 17.9 Å². The van der Waals surface area contributed by atoms with Gasteiger partial charge in [0, 0.05) is 19.3 Å². The van der Waals surface area contributed by atoms with E-state index in [2.05, 4.69) is 0 Å². The van der Waals surface area contributed by atoms with E-state index >= 15 is 0 Å². The number of hydrogen-bond acceptors (Lipinski definition) is 5. The van der Waals surface area contributed by atoms with Gasteiger partial charge in [0.15, 0.2) is 0 Å². The van der Waals surface area contributed by atoms with Crippen LogP contribution >= 0.6 is 0 Å². The summed E-state index contributed by atoms with van der Waals surface area (Å²) < 4.78 is 30.2. The first-order chi connectivity index (χ1) is 8.87. The normalized spacial score (nSPS) is 11.5. The summed E-state index contributed by atoms with van der Waals surface area (Å²) in [6.07, 6.45) is 0.0263. The van der Waals surface area contributed by atoms with Crippen LogP contribution in [0, 0.1) is 0 Å². The van der Waals surface area contributed by atoms with Gasteiger partial charge in [0.2, 0.25) is 10.0 Å².